The van der Waals surface area contributed by atoms with Crippen molar-refractivity contribution in [1.29, 1.82) is 0 Å². The van der Waals surface area contributed by atoms with E-state index in [1.165, 1.54) is 0 Å². The molecule has 2 bridgehead atoms. The van der Waals surface area contributed by atoms with Gasteiger partial charge in [-0.2, -0.15) is 5.10 Å². The van der Waals surface area contributed by atoms with Crippen molar-refractivity contribution in [3.8, 4) is 0 Å². The normalized spacial score (nSPS) is 27.5. The van der Waals surface area contributed by atoms with E-state index in [0.29, 0.717) is 5.56 Å². The van der Waals surface area contributed by atoms with E-state index in [9.17, 15) is 4.79 Å². The van der Waals surface area contributed by atoms with Crippen molar-refractivity contribution >= 4 is 5.91 Å². The number of aromatic nitrogens is 2. The van der Waals surface area contributed by atoms with Gasteiger partial charge in [0.1, 0.15) is 0 Å². The van der Waals surface area contributed by atoms with Crippen LogP contribution >= 0.6 is 0 Å². The monoisotopic (exact) mass is 235 g/mol. The molecule has 3 rings (SSSR count). The third-order valence-electron chi connectivity index (χ3n) is 3.53. The number of nitrogens with zero attached hydrogens (tertiary/aromatic N) is 3. The topological polar surface area (TPSA) is 47.4 Å². The van der Waals surface area contributed by atoms with E-state index >= 15 is 0 Å². The van der Waals surface area contributed by atoms with E-state index in [4.69, 9.17) is 4.74 Å². The van der Waals surface area contributed by atoms with Gasteiger partial charge in [0.25, 0.3) is 5.91 Å². The lowest BCUT2D eigenvalue weighted by Gasteiger charge is -2.31. The fourth-order valence-corrected chi connectivity index (χ4v) is 2.61. The molecule has 1 aromatic heterocycles. The van der Waals surface area contributed by atoms with Crippen molar-refractivity contribution in [1.82, 2.24) is 14.7 Å². The van der Waals surface area contributed by atoms with Crippen LogP contribution in [0.3, 0.4) is 0 Å². The predicted molar refractivity (Wildman–Crippen MR) is 61.7 cm³/mol. The first-order chi connectivity index (χ1) is 8.26. The summed E-state index contributed by atoms with van der Waals surface area (Å²) in [4.78, 5) is 14.2. The van der Waals surface area contributed by atoms with E-state index in [1.807, 2.05) is 18.0 Å². The molecule has 5 nitrogen and oxygen atoms in total. The number of morpholine rings is 1. The summed E-state index contributed by atoms with van der Waals surface area (Å²) in [6.07, 6.45) is 6.15. The predicted octanol–water partition coefficient (Wildman–Crippen LogP) is 0.906. The highest BCUT2D eigenvalue weighted by Gasteiger charge is 2.36. The van der Waals surface area contributed by atoms with E-state index < -0.39 is 0 Å². The standard InChI is InChI=1S/C12H17N3O2/c1-2-15-6-9(5-13-15)12(16)14-7-10-3-4-11(8-14)17-10/h5-6,10-11H,2-4,7-8H2,1H3. The smallest absolute Gasteiger partial charge is 0.257 e. The molecule has 2 atom stereocenters. The lowest BCUT2D eigenvalue weighted by Crippen LogP contribution is -2.45. The molecule has 1 amide bonds. The van der Waals surface area contributed by atoms with Crippen LogP contribution in [0.15, 0.2) is 12.4 Å². The maximum atomic E-state index is 12.3. The molecule has 0 aliphatic carbocycles. The van der Waals surface area contributed by atoms with Crippen molar-refractivity contribution in [2.75, 3.05) is 13.1 Å². The van der Waals surface area contributed by atoms with Gasteiger partial charge in [-0.05, 0) is 19.8 Å². The van der Waals surface area contributed by atoms with Crippen molar-refractivity contribution in [3.63, 3.8) is 0 Å². The maximum Gasteiger partial charge on any atom is 0.257 e. The van der Waals surface area contributed by atoms with Gasteiger partial charge >= 0.3 is 0 Å². The summed E-state index contributed by atoms with van der Waals surface area (Å²) < 4.78 is 7.51. The molecule has 1 aromatic rings. The average Bonchev–Trinajstić information content (AvgIpc) is 2.95. The van der Waals surface area contributed by atoms with E-state index in [0.717, 1.165) is 32.5 Å². The zero-order valence-electron chi connectivity index (χ0n) is 10.0. The Hall–Kier alpha value is -1.36. The summed E-state index contributed by atoms with van der Waals surface area (Å²) in [5.41, 5.74) is 0.688. The maximum absolute atomic E-state index is 12.3. The number of fused-ring (bicyclic) bond motifs is 2. The molecule has 0 N–H and O–H groups in total. The molecule has 2 unspecified atom stereocenters. The zero-order valence-corrected chi connectivity index (χ0v) is 10.0. The number of aryl methyl sites for hydroxylation is 1. The second-order valence-electron chi connectivity index (χ2n) is 4.75. The minimum Gasteiger partial charge on any atom is -0.371 e. The molecule has 3 heterocycles. The number of likely N-dealkylation sites (tertiary alicyclic amines) is 1. The molecule has 2 aliphatic heterocycles. The van der Waals surface area contributed by atoms with Crippen LogP contribution < -0.4 is 0 Å². The van der Waals surface area contributed by atoms with Crippen molar-refractivity contribution < 1.29 is 9.53 Å². The Morgan fingerprint density at radius 3 is 2.76 bits per heavy atom. The number of hydrogen-bond donors (Lipinski definition) is 0. The van der Waals surface area contributed by atoms with Crippen LogP contribution in [0.25, 0.3) is 0 Å². The van der Waals surface area contributed by atoms with Gasteiger partial charge < -0.3 is 9.64 Å². The average molecular weight is 235 g/mol. The van der Waals surface area contributed by atoms with Gasteiger partial charge in [-0.25, -0.2) is 0 Å². The summed E-state index contributed by atoms with van der Waals surface area (Å²) in [6.45, 7) is 4.26. The van der Waals surface area contributed by atoms with Crippen molar-refractivity contribution in [3.05, 3.63) is 18.0 Å². The molecular formula is C12H17N3O2. The summed E-state index contributed by atoms with van der Waals surface area (Å²) in [7, 11) is 0. The van der Waals surface area contributed by atoms with Gasteiger partial charge in [0.2, 0.25) is 0 Å². The Balaban J connectivity index is 1.73. The first-order valence-electron chi connectivity index (χ1n) is 6.23. The number of ether oxygens (including phenoxy) is 1. The SMILES string of the molecule is CCn1cc(C(=O)N2CC3CCC(C2)O3)cn1. The zero-order chi connectivity index (χ0) is 11.8. The molecule has 0 saturated carbocycles. The highest BCUT2D eigenvalue weighted by molar-refractivity contribution is 5.93. The summed E-state index contributed by atoms with van der Waals surface area (Å²) in [5, 5.41) is 4.14. The van der Waals surface area contributed by atoms with Gasteiger partial charge in [0, 0.05) is 25.8 Å². The summed E-state index contributed by atoms with van der Waals surface area (Å²) in [6, 6.07) is 0. The first-order valence-corrected chi connectivity index (χ1v) is 6.23. The van der Waals surface area contributed by atoms with Gasteiger partial charge in [-0.3, -0.25) is 9.48 Å². The second kappa shape index (κ2) is 4.14. The lowest BCUT2D eigenvalue weighted by atomic mass is 10.2. The third kappa shape index (κ3) is 1.95. The van der Waals surface area contributed by atoms with E-state index in [2.05, 4.69) is 5.10 Å². The molecule has 0 spiro atoms. The van der Waals surface area contributed by atoms with Gasteiger partial charge in [-0.1, -0.05) is 0 Å². The fourth-order valence-electron chi connectivity index (χ4n) is 2.61. The summed E-state index contributed by atoms with van der Waals surface area (Å²) in [5.74, 6) is 0.0879. The Kier molecular flexibility index (Phi) is 2.63. The van der Waals surface area contributed by atoms with Crippen LogP contribution in [-0.2, 0) is 11.3 Å². The molecule has 2 fully saturated rings. The van der Waals surface area contributed by atoms with Crippen LogP contribution in [0.4, 0.5) is 0 Å². The van der Waals surface area contributed by atoms with Crippen LogP contribution in [0, 0.1) is 0 Å². The second-order valence-corrected chi connectivity index (χ2v) is 4.75. The molecule has 2 aliphatic rings. The van der Waals surface area contributed by atoms with Crippen LogP contribution in [0.1, 0.15) is 30.1 Å². The Labute approximate surface area is 100 Å². The first kappa shape index (κ1) is 10.8. The third-order valence-corrected chi connectivity index (χ3v) is 3.53. The number of amides is 1. The van der Waals surface area contributed by atoms with E-state index in [-0.39, 0.29) is 18.1 Å². The number of carbonyl (C=O) groups is 1. The molecule has 2 saturated heterocycles. The number of rotatable bonds is 2. The minimum absolute atomic E-state index is 0.0879. The largest absolute Gasteiger partial charge is 0.371 e. The lowest BCUT2D eigenvalue weighted by molar-refractivity contribution is -0.0303. The van der Waals surface area contributed by atoms with Gasteiger partial charge in [0.15, 0.2) is 0 Å². The Morgan fingerprint density at radius 2 is 2.18 bits per heavy atom. The van der Waals surface area contributed by atoms with Crippen LogP contribution in [0.5, 0.6) is 0 Å². The van der Waals surface area contributed by atoms with Crippen LogP contribution in [0.2, 0.25) is 0 Å². The summed E-state index contributed by atoms with van der Waals surface area (Å²) >= 11 is 0. The minimum atomic E-state index is 0.0879. The van der Waals surface area contributed by atoms with E-state index in [1.54, 1.807) is 10.9 Å². The molecular weight excluding hydrogens is 218 g/mol. The van der Waals surface area contributed by atoms with Crippen molar-refractivity contribution in [2.24, 2.45) is 0 Å². The molecule has 5 heteroatoms. The molecule has 17 heavy (non-hydrogen) atoms. The highest BCUT2D eigenvalue weighted by Crippen LogP contribution is 2.26. The fraction of sp³-hybridized carbons (Fsp3) is 0.667. The number of carbonyl (C=O) groups excluding carboxylic acids is 1. The Bertz CT molecular complexity index is 417. The van der Waals surface area contributed by atoms with Crippen LogP contribution in [-0.4, -0.2) is 45.9 Å². The quantitative estimate of drug-likeness (QED) is 0.765. The molecule has 92 valence electrons. The molecule has 0 aromatic carbocycles. The molecule has 0 radical (unpaired) electrons. The van der Waals surface area contributed by atoms with Gasteiger partial charge in [0.05, 0.1) is 24.0 Å². The van der Waals surface area contributed by atoms with Crippen molar-refractivity contribution in [2.45, 2.75) is 38.5 Å². The highest BCUT2D eigenvalue weighted by atomic mass is 16.5. The number of hydrogen-bond acceptors (Lipinski definition) is 3. The van der Waals surface area contributed by atoms with Gasteiger partial charge in [-0.15, -0.1) is 0 Å². The Morgan fingerprint density at radius 1 is 1.47 bits per heavy atom.